The minimum atomic E-state index is -0.546. The van der Waals surface area contributed by atoms with Crippen LogP contribution in [0, 0.1) is 24.1 Å². The molecule has 0 saturated carbocycles. The summed E-state index contributed by atoms with van der Waals surface area (Å²) in [5, 5.41) is 8.91. The monoisotopic (exact) mass is 287 g/mol. The molecule has 0 radical (unpaired) electrons. The second kappa shape index (κ2) is 5.75. The third-order valence-corrected chi connectivity index (χ3v) is 3.34. The molecule has 1 aromatic heterocycles. The number of ether oxygens (including phenoxy) is 1. The predicted molar refractivity (Wildman–Crippen MR) is 74.7 cm³/mol. The van der Waals surface area contributed by atoms with Gasteiger partial charge in [-0.1, -0.05) is 0 Å². The van der Waals surface area contributed by atoms with Gasteiger partial charge in [-0.15, -0.1) is 0 Å². The van der Waals surface area contributed by atoms with Crippen molar-refractivity contribution in [1.82, 2.24) is 9.55 Å². The summed E-state index contributed by atoms with van der Waals surface area (Å²) in [6.45, 7) is 1.72. The van der Waals surface area contributed by atoms with Crippen LogP contribution in [0.3, 0.4) is 0 Å². The van der Waals surface area contributed by atoms with Gasteiger partial charge in [-0.3, -0.25) is 9.36 Å². The molecule has 108 valence electrons. The van der Waals surface area contributed by atoms with Crippen LogP contribution in [0.1, 0.15) is 22.5 Å². The molecule has 0 N–H and O–H groups in total. The van der Waals surface area contributed by atoms with Gasteiger partial charge in [-0.2, -0.15) is 5.26 Å². The van der Waals surface area contributed by atoms with E-state index < -0.39 is 5.82 Å². The van der Waals surface area contributed by atoms with Crippen molar-refractivity contribution in [1.29, 1.82) is 5.26 Å². The maximum atomic E-state index is 14.0. The molecule has 0 aliphatic heterocycles. The number of aromatic nitrogens is 2. The van der Waals surface area contributed by atoms with E-state index in [1.165, 1.54) is 23.9 Å². The van der Waals surface area contributed by atoms with E-state index in [-0.39, 0.29) is 28.9 Å². The molecule has 1 heterocycles. The Morgan fingerprint density at radius 1 is 1.43 bits per heavy atom. The van der Waals surface area contributed by atoms with Crippen LogP contribution in [0.5, 0.6) is 5.75 Å². The lowest BCUT2D eigenvalue weighted by atomic mass is 10.0. The van der Waals surface area contributed by atoms with Gasteiger partial charge in [0, 0.05) is 25.2 Å². The first-order valence-electron chi connectivity index (χ1n) is 6.26. The topological polar surface area (TPSA) is 67.9 Å². The van der Waals surface area contributed by atoms with Crippen LogP contribution >= 0.6 is 0 Å². The average molecular weight is 287 g/mol. The zero-order valence-electron chi connectivity index (χ0n) is 12.0. The smallest absolute Gasteiger partial charge is 0.256 e. The molecule has 0 amide bonds. The minimum Gasteiger partial charge on any atom is -0.495 e. The number of nitriles is 1. The summed E-state index contributed by atoms with van der Waals surface area (Å²) in [5.74, 6) is 0.322. The highest BCUT2D eigenvalue weighted by Gasteiger charge is 2.13. The van der Waals surface area contributed by atoms with E-state index in [4.69, 9.17) is 10.00 Å². The van der Waals surface area contributed by atoms with E-state index in [0.29, 0.717) is 11.4 Å². The number of benzene rings is 1. The number of nitrogens with zero attached hydrogens (tertiary/aromatic N) is 3. The summed E-state index contributed by atoms with van der Waals surface area (Å²) in [5.41, 5.74) is 0.571. The third kappa shape index (κ3) is 2.77. The van der Waals surface area contributed by atoms with Crippen LogP contribution in [0.15, 0.2) is 23.1 Å². The standard InChI is InChI=1S/C15H14FN3O2/c1-9-18-8-12(15(20)19(9)2)4-10-6-14(21-3)11(7-17)5-13(10)16/h5-6,8H,4H2,1-3H3. The van der Waals surface area contributed by atoms with Gasteiger partial charge in [-0.25, -0.2) is 9.37 Å². The summed E-state index contributed by atoms with van der Waals surface area (Å²) in [7, 11) is 3.02. The Bertz CT molecular complexity index is 791. The Morgan fingerprint density at radius 3 is 2.76 bits per heavy atom. The summed E-state index contributed by atoms with van der Waals surface area (Å²) in [6, 6.07) is 4.41. The van der Waals surface area contributed by atoms with Gasteiger partial charge in [0.15, 0.2) is 0 Å². The first-order valence-corrected chi connectivity index (χ1v) is 6.26. The highest BCUT2D eigenvalue weighted by atomic mass is 19.1. The fourth-order valence-corrected chi connectivity index (χ4v) is 1.99. The van der Waals surface area contributed by atoms with E-state index in [1.54, 1.807) is 14.0 Å². The van der Waals surface area contributed by atoms with Crippen LogP contribution in [0.4, 0.5) is 4.39 Å². The molecule has 0 saturated heterocycles. The number of hydrogen-bond donors (Lipinski definition) is 0. The Morgan fingerprint density at radius 2 is 2.14 bits per heavy atom. The molecule has 0 spiro atoms. The second-order valence-corrected chi connectivity index (χ2v) is 4.63. The number of hydrogen-bond acceptors (Lipinski definition) is 4. The van der Waals surface area contributed by atoms with Crippen molar-refractivity contribution in [3.63, 3.8) is 0 Å². The average Bonchev–Trinajstić information content (AvgIpc) is 2.49. The Kier molecular flexibility index (Phi) is 4.03. The van der Waals surface area contributed by atoms with Crippen molar-refractivity contribution in [2.45, 2.75) is 13.3 Å². The molecule has 0 aliphatic carbocycles. The number of aryl methyl sites for hydroxylation is 1. The molecule has 5 nitrogen and oxygen atoms in total. The first kappa shape index (κ1) is 14.7. The Labute approximate surface area is 121 Å². The molecule has 0 fully saturated rings. The van der Waals surface area contributed by atoms with Crippen LogP contribution < -0.4 is 10.3 Å². The van der Waals surface area contributed by atoms with Crippen molar-refractivity contribution in [2.24, 2.45) is 7.05 Å². The zero-order chi connectivity index (χ0) is 15.6. The first-order chi connectivity index (χ1) is 9.97. The lowest BCUT2D eigenvalue weighted by Crippen LogP contribution is -2.24. The van der Waals surface area contributed by atoms with E-state index >= 15 is 0 Å². The summed E-state index contributed by atoms with van der Waals surface area (Å²) < 4.78 is 20.5. The van der Waals surface area contributed by atoms with Gasteiger partial charge in [0.05, 0.1) is 12.7 Å². The zero-order valence-corrected chi connectivity index (χ0v) is 12.0. The maximum absolute atomic E-state index is 14.0. The van der Waals surface area contributed by atoms with Gasteiger partial charge in [0.1, 0.15) is 23.5 Å². The normalized spacial score (nSPS) is 10.2. The van der Waals surface area contributed by atoms with Crippen molar-refractivity contribution in [2.75, 3.05) is 7.11 Å². The summed E-state index contributed by atoms with van der Waals surface area (Å²) >= 11 is 0. The van der Waals surface area contributed by atoms with Gasteiger partial charge in [0.25, 0.3) is 5.56 Å². The number of methoxy groups -OCH3 is 1. The highest BCUT2D eigenvalue weighted by Crippen LogP contribution is 2.23. The van der Waals surface area contributed by atoms with Crippen molar-refractivity contribution in [3.8, 4) is 11.8 Å². The molecule has 1 aromatic carbocycles. The molecule has 0 bridgehead atoms. The van der Waals surface area contributed by atoms with Gasteiger partial charge in [-0.05, 0) is 24.6 Å². The summed E-state index contributed by atoms with van der Waals surface area (Å²) in [6.07, 6.45) is 1.54. The van der Waals surface area contributed by atoms with Crippen LogP contribution in [0.25, 0.3) is 0 Å². The fourth-order valence-electron chi connectivity index (χ4n) is 1.99. The molecule has 2 rings (SSSR count). The number of rotatable bonds is 3. The molecular formula is C15H14FN3O2. The van der Waals surface area contributed by atoms with E-state index in [9.17, 15) is 9.18 Å². The molecule has 6 heteroatoms. The van der Waals surface area contributed by atoms with Gasteiger partial charge >= 0.3 is 0 Å². The minimum absolute atomic E-state index is 0.0911. The largest absolute Gasteiger partial charge is 0.495 e. The predicted octanol–water partition coefficient (Wildman–Crippen LogP) is 1.70. The maximum Gasteiger partial charge on any atom is 0.256 e. The van der Waals surface area contributed by atoms with Gasteiger partial charge < -0.3 is 4.74 Å². The van der Waals surface area contributed by atoms with Crippen LogP contribution in [-0.2, 0) is 13.5 Å². The highest BCUT2D eigenvalue weighted by molar-refractivity contribution is 5.46. The van der Waals surface area contributed by atoms with Crippen LogP contribution in [0.2, 0.25) is 0 Å². The van der Waals surface area contributed by atoms with E-state index in [0.717, 1.165) is 6.07 Å². The van der Waals surface area contributed by atoms with Crippen molar-refractivity contribution >= 4 is 0 Å². The SMILES string of the molecule is COc1cc(Cc2cnc(C)n(C)c2=O)c(F)cc1C#N. The Hall–Kier alpha value is -2.68. The van der Waals surface area contributed by atoms with E-state index in [2.05, 4.69) is 4.98 Å². The quantitative estimate of drug-likeness (QED) is 0.861. The molecular weight excluding hydrogens is 273 g/mol. The molecule has 2 aromatic rings. The van der Waals surface area contributed by atoms with Crippen molar-refractivity contribution < 1.29 is 9.13 Å². The Balaban J connectivity index is 2.48. The lowest BCUT2D eigenvalue weighted by Gasteiger charge is -2.09. The molecule has 0 atom stereocenters. The van der Waals surface area contributed by atoms with Crippen molar-refractivity contribution in [3.05, 3.63) is 57.0 Å². The summed E-state index contributed by atoms with van der Waals surface area (Å²) in [4.78, 5) is 16.2. The second-order valence-electron chi connectivity index (χ2n) is 4.63. The number of halogens is 1. The molecule has 0 aliphatic rings. The lowest BCUT2D eigenvalue weighted by molar-refractivity contribution is 0.411. The van der Waals surface area contributed by atoms with Crippen LogP contribution in [-0.4, -0.2) is 16.7 Å². The third-order valence-electron chi connectivity index (χ3n) is 3.34. The molecule has 21 heavy (non-hydrogen) atoms. The van der Waals surface area contributed by atoms with E-state index in [1.807, 2.05) is 6.07 Å². The van der Waals surface area contributed by atoms with Gasteiger partial charge in [0.2, 0.25) is 0 Å². The fraction of sp³-hybridized carbons (Fsp3) is 0.267. The molecule has 0 unspecified atom stereocenters.